The van der Waals surface area contributed by atoms with Gasteiger partial charge in [0.05, 0.1) is 22.0 Å². The third kappa shape index (κ3) is 16.6. The molecule has 9 rings (SSSR count). The highest BCUT2D eigenvalue weighted by Gasteiger charge is 2.19. The van der Waals surface area contributed by atoms with Gasteiger partial charge in [-0.1, -0.05) is 180 Å². The van der Waals surface area contributed by atoms with Crippen molar-refractivity contribution < 1.29 is 18.7 Å². The number of hydrogen-bond acceptors (Lipinski definition) is 5. The fourth-order valence-corrected chi connectivity index (χ4v) is 5.18. The van der Waals surface area contributed by atoms with Crippen LogP contribution in [0.15, 0.2) is 155 Å². The second kappa shape index (κ2) is 21.2. The van der Waals surface area contributed by atoms with Gasteiger partial charge in [-0.25, -0.2) is 0 Å². The van der Waals surface area contributed by atoms with E-state index in [0.29, 0.717) is 60.9 Å². The van der Waals surface area contributed by atoms with Crippen molar-refractivity contribution >= 4 is 45.7 Å². The van der Waals surface area contributed by atoms with Crippen molar-refractivity contribution in [3.63, 3.8) is 0 Å². The molecular weight excluding hydrogens is 755 g/mol. The summed E-state index contributed by atoms with van der Waals surface area (Å²) < 4.78 is 17.2. The van der Waals surface area contributed by atoms with E-state index in [1.54, 1.807) is 24.3 Å². The van der Waals surface area contributed by atoms with Crippen LogP contribution in [0, 0.1) is 16.2 Å². The van der Waals surface area contributed by atoms with Gasteiger partial charge in [-0.15, -0.1) is 0 Å². The molecule has 0 fully saturated rings. The SMILES string of the molecule is C1=Cc2ccccc2Oc2ccccc21.CC(C)(C)C.CC(C)(C)C.CC(C)(C)C.O=C1Nc2ccccc2Oc2ccccc21.O=c1c2ccccc2oc2ccccc12. The average molecular weight is 818 g/mol. The molecule has 2 aliphatic heterocycles. The first-order valence-corrected chi connectivity index (χ1v) is 20.8. The molecule has 0 saturated heterocycles. The number of amides is 1. The van der Waals surface area contributed by atoms with Gasteiger partial charge in [0.25, 0.3) is 5.91 Å². The number of benzene rings is 6. The lowest BCUT2D eigenvalue weighted by atomic mass is 10.0. The van der Waals surface area contributed by atoms with Gasteiger partial charge in [-0.3, -0.25) is 9.59 Å². The van der Waals surface area contributed by atoms with Gasteiger partial charge in [-0.2, -0.15) is 0 Å². The summed E-state index contributed by atoms with van der Waals surface area (Å²) in [6.07, 6.45) is 4.17. The van der Waals surface area contributed by atoms with Gasteiger partial charge in [-0.05, 0) is 76.9 Å². The molecule has 1 amide bonds. The first kappa shape index (κ1) is 47.3. The molecule has 0 bridgehead atoms. The van der Waals surface area contributed by atoms with Crippen molar-refractivity contribution in [2.45, 2.75) is 83.1 Å². The highest BCUT2D eigenvalue weighted by Crippen LogP contribution is 2.35. The van der Waals surface area contributed by atoms with E-state index < -0.39 is 0 Å². The van der Waals surface area contributed by atoms with Gasteiger partial charge in [0.1, 0.15) is 28.4 Å². The normalized spacial score (nSPS) is 12.0. The topological polar surface area (TPSA) is 77.8 Å². The van der Waals surface area contributed by atoms with Crippen molar-refractivity contribution in [3.8, 4) is 23.0 Å². The fourth-order valence-electron chi connectivity index (χ4n) is 5.18. The largest absolute Gasteiger partial charge is 0.456 e. The van der Waals surface area contributed by atoms with Crippen LogP contribution >= 0.6 is 0 Å². The van der Waals surface area contributed by atoms with Gasteiger partial charge in [0.2, 0.25) is 5.43 Å². The van der Waals surface area contributed by atoms with Gasteiger partial charge >= 0.3 is 0 Å². The molecule has 0 saturated carbocycles. The molecule has 0 unspecified atom stereocenters. The number of nitrogens with one attached hydrogen (secondary N) is 1. The maximum Gasteiger partial charge on any atom is 0.259 e. The molecule has 0 radical (unpaired) electrons. The summed E-state index contributed by atoms with van der Waals surface area (Å²) >= 11 is 0. The molecule has 318 valence electrons. The fraction of sp³-hybridized carbons (Fsp3) is 0.273. The summed E-state index contributed by atoms with van der Waals surface area (Å²) in [5.74, 6) is 2.95. The van der Waals surface area contributed by atoms with Crippen molar-refractivity contribution in [3.05, 3.63) is 173 Å². The van der Waals surface area contributed by atoms with E-state index in [1.807, 2.05) is 109 Å². The first-order chi connectivity index (χ1) is 28.6. The Balaban J connectivity index is 0.000000173. The van der Waals surface area contributed by atoms with Crippen LogP contribution in [0.3, 0.4) is 0 Å². The third-order valence-corrected chi connectivity index (χ3v) is 7.47. The maximum atomic E-state index is 12.0. The Morgan fingerprint density at radius 1 is 0.393 bits per heavy atom. The van der Waals surface area contributed by atoms with E-state index in [0.717, 1.165) is 22.6 Å². The molecule has 0 spiro atoms. The molecule has 1 N–H and O–H groups in total. The van der Waals surface area contributed by atoms with Crippen LogP contribution in [0.4, 0.5) is 5.69 Å². The minimum atomic E-state index is -0.138. The highest BCUT2D eigenvalue weighted by molar-refractivity contribution is 6.07. The maximum absolute atomic E-state index is 12.0. The van der Waals surface area contributed by atoms with E-state index in [4.69, 9.17) is 13.9 Å². The standard InChI is InChI=1S/C14H10O.C13H9NO2.C13H8O2.3C5H12/c1-3-7-13-11(5-1)9-10-12-6-2-4-8-14(12)15-13;15-13-9-5-1-3-7-11(9)16-12-8-4-2-6-10(12)14-13;14-13-9-5-1-3-7-11(9)15-12-8-4-2-6-10(12)13;3*1-5(2,3)4/h1-10H;1-8H,(H,14,15);1-8H;3*1-4H3. The number of rotatable bonds is 0. The monoisotopic (exact) mass is 817 g/mol. The van der Waals surface area contributed by atoms with E-state index >= 15 is 0 Å². The summed E-state index contributed by atoms with van der Waals surface area (Å²) in [7, 11) is 0. The number of carbonyl (C=O) groups is 1. The Kier molecular flexibility index (Phi) is 16.4. The minimum absolute atomic E-state index is 0.0347. The van der Waals surface area contributed by atoms with E-state index in [9.17, 15) is 9.59 Å². The number of fused-ring (bicyclic) bond motifs is 6. The van der Waals surface area contributed by atoms with E-state index in [1.165, 1.54) is 0 Å². The molecule has 3 heterocycles. The van der Waals surface area contributed by atoms with Gasteiger partial charge < -0.3 is 19.2 Å². The Labute approximate surface area is 363 Å². The molecule has 0 aliphatic carbocycles. The quantitative estimate of drug-likeness (QED) is 0.154. The Bertz CT molecular complexity index is 2450. The lowest BCUT2D eigenvalue weighted by molar-refractivity contribution is 0.102. The van der Waals surface area contributed by atoms with Crippen molar-refractivity contribution in [1.82, 2.24) is 0 Å². The molecule has 61 heavy (non-hydrogen) atoms. The highest BCUT2D eigenvalue weighted by atomic mass is 16.5. The zero-order valence-electron chi connectivity index (χ0n) is 38.1. The zero-order chi connectivity index (χ0) is 44.8. The molecule has 6 nitrogen and oxygen atoms in total. The summed E-state index contributed by atoms with van der Waals surface area (Å²) in [4.78, 5) is 23.9. The Morgan fingerprint density at radius 3 is 1.21 bits per heavy atom. The number of carbonyl (C=O) groups excluding carboxylic acids is 1. The smallest absolute Gasteiger partial charge is 0.259 e. The molecular formula is C55H63NO5. The van der Waals surface area contributed by atoms with Gasteiger partial charge in [0, 0.05) is 11.1 Å². The average Bonchev–Trinajstić information content (AvgIpc) is 3.46. The van der Waals surface area contributed by atoms with Crippen LogP contribution < -0.4 is 20.2 Å². The van der Waals surface area contributed by atoms with Crippen molar-refractivity contribution in [2.75, 3.05) is 5.32 Å². The number of anilines is 1. The van der Waals surface area contributed by atoms with E-state index in [-0.39, 0.29) is 11.3 Å². The van der Waals surface area contributed by atoms with Crippen molar-refractivity contribution in [1.29, 1.82) is 0 Å². The van der Waals surface area contributed by atoms with E-state index in [2.05, 4.69) is 113 Å². The predicted octanol–water partition coefficient (Wildman–Crippen LogP) is 16.1. The Hall–Kier alpha value is -6.40. The van der Waals surface area contributed by atoms with Gasteiger partial charge in [0.15, 0.2) is 5.75 Å². The number of hydrogen-bond donors (Lipinski definition) is 1. The lowest BCUT2D eigenvalue weighted by Gasteiger charge is -2.07. The molecule has 7 aromatic rings. The Morgan fingerprint density at radius 2 is 0.738 bits per heavy atom. The van der Waals surface area contributed by atoms with Crippen LogP contribution in [-0.2, 0) is 0 Å². The second-order valence-electron chi connectivity index (χ2n) is 19.5. The van der Waals surface area contributed by atoms with Crippen LogP contribution in [0.25, 0.3) is 34.1 Å². The second-order valence-corrected chi connectivity index (χ2v) is 19.5. The molecule has 6 aromatic carbocycles. The summed E-state index contributed by atoms with van der Waals surface area (Å²) in [5, 5.41) is 4.09. The van der Waals surface area contributed by atoms with Crippen LogP contribution in [0.1, 0.15) is 105 Å². The molecule has 0 atom stereocenters. The summed E-state index contributed by atoms with van der Waals surface area (Å²) in [6, 6.07) is 45.3. The van der Waals surface area contributed by atoms with Crippen LogP contribution in [0.5, 0.6) is 23.0 Å². The summed E-state index contributed by atoms with van der Waals surface area (Å²) in [6.45, 7) is 26.2. The summed E-state index contributed by atoms with van der Waals surface area (Å²) in [5.41, 5.74) is 6.31. The van der Waals surface area contributed by atoms with Crippen LogP contribution in [-0.4, -0.2) is 5.91 Å². The zero-order valence-corrected chi connectivity index (χ0v) is 38.1. The third-order valence-electron chi connectivity index (χ3n) is 7.47. The van der Waals surface area contributed by atoms with Crippen molar-refractivity contribution in [2.24, 2.45) is 16.2 Å². The number of para-hydroxylation sites is 7. The predicted molar refractivity (Wildman–Crippen MR) is 258 cm³/mol. The molecule has 6 heteroatoms. The minimum Gasteiger partial charge on any atom is -0.456 e. The molecule has 2 aliphatic rings. The number of ether oxygens (including phenoxy) is 2. The van der Waals surface area contributed by atoms with Crippen LogP contribution in [0.2, 0.25) is 0 Å². The first-order valence-electron chi connectivity index (χ1n) is 20.8. The molecule has 1 aromatic heterocycles. The lowest BCUT2D eigenvalue weighted by Crippen LogP contribution is -2.09.